The molecule has 1 rings (SSSR count). The number of rotatable bonds is 6. The summed E-state index contributed by atoms with van der Waals surface area (Å²) >= 11 is 0. The van der Waals surface area contributed by atoms with Gasteiger partial charge in [-0.3, -0.25) is 4.79 Å². The maximum atomic E-state index is 11.0. The first-order valence-corrected chi connectivity index (χ1v) is 6.01. The molecule has 0 fully saturated rings. The lowest BCUT2D eigenvalue weighted by molar-refractivity contribution is -0.141. The Morgan fingerprint density at radius 3 is 2.65 bits per heavy atom. The van der Waals surface area contributed by atoms with E-state index in [4.69, 9.17) is 9.84 Å². The lowest BCUT2D eigenvalue weighted by Crippen LogP contribution is -2.15. The third-order valence-electron chi connectivity index (χ3n) is 2.59. The predicted molar refractivity (Wildman–Crippen MR) is 67.3 cm³/mol. The fourth-order valence-corrected chi connectivity index (χ4v) is 1.71. The lowest BCUT2D eigenvalue weighted by Gasteiger charge is -2.13. The first-order chi connectivity index (χ1) is 8.02. The van der Waals surface area contributed by atoms with Crippen molar-refractivity contribution in [1.82, 2.24) is 0 Å². The van der Waals surface area contributed by atoms with Gasteiger partial charge in [0.05, 0.1) is 12.0 Å². The van der Waals surface area contributed by atoms with Crippen LogP contribution in [0.3, 0.4) is 0 Å². The first-order valence-electron chi connectivity index (χ1n) is 6.01. The number of ether oxygens (including phenoxy) is 1. The lowest BCUT2D eigenvalue weighted by atomic mass is 9.97. The van der Waals surface area contributed by atoms with Gasteiger partial charge in [0, 0.05) is 0 Å². The van der Waals surface area contributed by atoms with Gasteiger partial charge in [0.1, 0.15) is 5.75 Å². The normalized spacial score (nSPS) is 12.5. The zero-order valence-electron chi connectivity index (χ0n) is 10.6. The minimum absolute atomic E-state index is 0.131. The molecule has 0 amide bonds. The van der Waals surface area contributed by atoms with E-state index < -0.39 is 5.97 Å². The van der Waals surface area contributed by atoms with Crippen molar-refractivity contribution in [2.45, 2.75) is 39.7 Å². The van der Waals surface area contributed by atoms with Crippen LogP contribution in [0.1, 0.15) is 32.8 Å². The van der Waals surface area contributed by atoms with E-state index in [1.54, 1.807) is 0 Å². The number of hydrogen-bond acceptors (Lipinski definition) is 2. The molecule has 3 heteroatoms. The third-order valence-corrected chi connectivity index (χ3v) is 2.59. The van der Waals surface area contributed by atoms with Crippen molar-refractivity contribution in [3.05, 3.63) is 29.8 Å². The van der Waals surface area contributed by atoms with Crippen LogP contribution in [0.15, 0.2) is 24.3 Å². The summed E-state index contributed by atoms with van der Waals surface area (Å²) in [5.41, 5.74) is 1.01. The molecule has 1 unspecified atom stereocenters. The average molecular weight is 236 g/mol. The maximum absolute atomic E-state index is 11.0. The molecule has 0 aliphatic heterocycles. The van der Waals surface area contributed by atoms with Crippen LogP contribution in [0.25, 0.3) is 0 Å². The third kappa shape index (κ3) is 4.47. The van der Waals surface area contributed by atoms with E-state index in [0.29, 0.717) is 12.8 Å². The first kappa shape index (κ1) is 13.6. The molecule has 0 aliphatic carbocycles. The molecule has 94 valence electrons. The van der Waals surface area contributed by atoms with Gasteiger partial charge in [-0.2, -0.15) is 0 Å². The zero-order chi connectivity index (χ0) is 12.8. The molecular weight excluding hydrogens is 216 g/mol. The molecule has 0 aromatic heterocycles. The quantitative estimate of drug-likeness (QED) is 0.825. The second kappa shape index (κ2) is 6.28. The molecule has 1 aromatic carbocycles. The van der Waals surface area contributed by atoms with Crippen molar-refractivity contribution in [3.63, 3.8) is 0 Å². The zero-order valence-corrected chi connectivity index (χ0v) is 10.6. The minimum Gasteiger partial charge on any atom is -0.491 e. The molecule has 17 heavy (non-hydrogen) atoms. The number of carbonyl (C=O) groups is 1. The summed E-state index contributed by atoms with van der Waals surface area (Å²) in [4.78, 5) is 11.0. The highest BCUT2D eigenvalue weighted by Gasteiger charge is 2.15. The number of carboxylic acids is 1. The van der Waals surface area contributed by atoms with E-state index in [0.717, 1.165) is 11.3 Å². The van der Waals surface area contributed by atoms with Crippen molar-refractivity contribution in [2.75, 3.05) is 0 Å². The monoisotopic (exact) mass is 236 g/mol. The summed E-state index contributed by atoms with van der Waals surface area (Å²) in [5.74, 6) is -0.246. The minimum atomic E-state index is -0.734. The van der Waals surface area contributed by atoms with Gasteiger partial charge >= 0.3 is 5.97 Å². The topological polar surface area (TPSA) is 46.5 Å². The SMILES string of the molecule is CCC(Cc1cccc(OC(C)C)c1)C(=O)O. The molecular formula is C14H20O3. The molecule has 0 bridgehead atoms. The van der Waals surface area contributed by atoms with Crippen LogP contribution < -0.4 is 4.74 Å². The Morgan fingerprint density at radius 2 is 2.12 bits per heavy atom. The second-order valence-electron chi connectivity index (χ2n) is 4.46. The van der Waals surface area contributed by atoms with Crippen LogP contribution in [0.4, 0.5) is 0 Å². The average Bonchev–Trinajstić information content (AvgIpc) is 2.25. The van der Waals surface area contributed by atoms with Crippen molar-refractivity contribution in [1.29, 1.82) is 0 Å². The number of hydrogen-bond donors (Lipinski definition) is 1. The van der Waals surface area contributed by atoms with E-state index in [-0.39, 0.29) is 12.0 Å². The summed E-state index contributed by atoms with van der Waals surface area (Å²) in [6, 6.07) is 7.66. The Hall–Kier alpha value is -1.51. The molecule has 1 aromatic rings. The second-order valence-corrected chi connectivity index (χ2v) is 4.46. The van der Waals surface area contributed by atoms with Gasteiger partial charge < -0.3 is 9.84 Å². The van der Waals surface area contributed by atoms with Crippen molar-refractivity contribution < 1.29 is 14.6 Å². The van der Waals surface area contributed by atoms with E-state index >= 15 is 0 Å². The Bertz CT molecular complexity index is 371. The van der Waals surface area contributed by atoms with Gasteiger partial charge in [0.25, 0.3) is 0 Å². The van der Waals surface area contributed by atoms with Crippen LogP contribution >= 0.6 is 0 Å². The Labute approximate surface area is 102 Å². The number of aliphatic carboxylic acids is 1. The van der Waals surface area contributed by atoms with Gasteiger partial charge in [0.15, 0.2) is 0 Å². The molecule has 0 heterocycles. The van der Waals surface area contributed by atoms with Gasteiger partial charge in [-0.15, -0.1) is 0 Å². The summed E-state index contributed by atoms with van der Waals surface area (Å²) < 4.78 is 5.58. The fraction of sp³-hybridized carbons (Fsp3) is 0.500. The summed E-state index contributed by atoms with van der Waals surface area (Å²) in [6.07, 6.45) is 1.33. The highest BCUT2D eigenvalue weighted by Crippen LogP contribution is 2.19. The highest BCUT2D eigenvalue weighted by atomic mass is 16.5. The Morgan fingerprint density at radius 1 is 1.41 bits per heavy atom. The smallest absolute Gasteiger partial charge is 0.306 e. The summed E-state index contributed by atoms with van der Waals surface area (Å²) in [7, 11) is 0. The van der Waals surface area contributed by atoms with Gasteiger partial charge in [0.2, 0.25) is 0 Å². The standard InChI is InChI=1S/C14H20O3/c1-4-12(14(15)16)8-11-6-5-7-13(9-11)17-10(2)3/h5-7,9-10,12H,4,8H2,1-3H3,(H,15,16). The van der Waals surface area contributed by atoms with Crippen LogP contribution in [0, 0.1) is 5.92 Å². The summed E-state index contributed by atoms with van der Waals surface area (Å²) in [5, 5.41) is 9.02. The van der Waals surface area contributed by atoms with Gasteiger partial charge in [-0.05, 0) is 44.4 Å². The Kier molecular flexibility index (Phi) is 5.01. The summed E-state index contributed by atoms with van der Waals surface area (Å²) in [6.45, 7) is 5.84. The van der Waals surface area contributed by atoms with Crippen LogP contribution in [-0.4, -0.2) is 17.2 Å². The van der Waals surface area contributed by atoms with E-state index in [1.807, 2.05) is 45.0 Å². The fourth-order valence-electron chi connectivity index (χ4n) is 1.71. The van der Waals surface area contributed by atoms with Crippen molar-refractivity contribution in [3.8, 4) is 5.75 Å². The molecule has 0 spiro atoms. The van der Waals surface area contributed by atoms with E-state index in [1.165, 1.54) is 0 Å². The maximum Gasteiger partial charge on any atom is 0.306 e. The van der Waals surface area contributed by atoms with Gasteiger partial charge in [-0.1, -0.05) is 19.1 Å². The van der Waals surface area contributed by atoms with Crippen LogP contribution in [-0.2, 0) is 11.2 Å². The predicted octanol–water partition coefficient (Wildman–Crippen LogP) is 3.13. The Balaban J connectivity index is 2.74. The number of carboxylic acid groups (broad SMARTS) is 1. The van der Waals surface area contributed by atoms with Crippen LogP contribution in [0.5, 0.6) is 5.75 Å². The molecule has 0 saturated heterocycles. The molecule has 0 radical (unpaired) electrons. The van der Waals surface area contributed by atoms with Crippen LogP contribution in [0.2, 0.25) is 0 Å². The highest BCUT2D eigenvalue weighted by molar-refractivity contribution is 5.70. The van der Waals surface area contributed by atoms with Gasteiger partial charge in [-0.25, -0.2) is 0 Å². The molecule has 1 atom stereocenters. The molecule has 0 saturated carbocycles. The van der Waals surface area contributed by atoms with E-state index in [9.17, 15) is 4.79 Å². The van der Waals surface area contributed by atoms with E-state index in [2.05, 4.69) is 0 Å². The molecule has 0 aliphatic rings. The number of benzene rings is 1. The largest absolute Gasteiger partial charge is 0.491 e. The van der Waals surface area contributed by atoms with Crippen molar-refractivity contribution in [2.24, 2.45) is 5.92 Å². The molecule has 1 N–H and O–H groups in total. The molecule has 3 nitrogen and oxygen atoms in total. The van der Waals surface area contributed by atoms with Crippen molar-refractivity contribution >= 4 is 5.97 Å².